The first-order chi connectivity index (χ1) is 14.8. The Labute approximate surface area is 181 Å². The first-order valence-corrected chi connectivity index (χ1v) is 11.5. The molecule has 0 amide bonds. The second-order valence-corrected chi connectivity index (χ2v) is 8.07. The molecule has 1 aromatic heterocycles. The lowest BCUT2D eigenvalue weighted by molar-refractivity contribution is 0.147. The lowest BCUT2D eigenvalue weighted by atomic mass is 10.0. The molecular weight excluding hydrogens is 372 g/mol. The summed E-state index contributed by atoms with van der Waals surface area (Å²) in [6.45, 7) is 7.19. The van der Waals surface area contributed by atoms with E-state index < -0.39 is 0 Å². The minimum Gasteiger partial charge on any atom is -0.355 e. The predicted molar refractivity (Wildman–Crippen MR) is 125 cm³/mol. The van der Waals surface area contributed by atoms with Crippen molar-refractivity contribution in [2.45, 2.75) is 64.6 Å². The number of likely N-dealkylation sites (tertiary alicyclic amines) is 1. The van der Waals surface area contributed by atoms with E-state index in [0.29, 0.717) is 6.54 Å². The molecule has 0 bridgehead atoms. The molecule has 1 unspecified atom stereocenters. The Balaban J connectivity index is 1.39. The van der Waals surface area contributed by atoms with E-state index in [9.17, 15) is 0 Å². The second-order valence-electron chi connectivity index (χ2n) is 8.07. The fourth-order valence-corrected chi connectivity index (χ4v) is 4.33. The van der Waals surface area contributed by atoms with Gasteiger partial charge in [-0.05, 0) is 44.2 Å². The van der Waals surface area contributed by atoms with Crippen molar-refractivity contribution in [1.82, 2.24) is 25.1 Å². The van der Waals surface area contributed by atoms with Crippen molar-refractivity contribution in [1.29, 1.82) is 0 Å². The van der Waals surface area contributed by atoms with E-state index in [2.05, 4.69) is 73.5 Å². The van der Waals surface area contributed by atoms with Gasteiger partial charge in [0.1, 0.15) is 5.82 Å². The number of imidazole rings is 1. The predicted octanol–water partition coefficient (Wildman–Crippen LogP) is 3.45. The average Bonchev–Trinajstić information content (AvgIpc) is 3.24. The molecule has 1 atom stereocenters. The standard InChI is InChI=1S/C24H38N6/c1-3-22-13-7-8-16-29(22)18-15-27-24(25-2)28-20-23-26-14-19-30(23)17-9-12-21-10-5-4-6-11-21/h4-6,10-11,14,19,22H,3,7-9,12-13,15-18,20H2,1-2H3,(H2,25,27,28). The van der Waals surface area contributed by atoms with Crippen molar-refractivity contribution in [2.24, 2.45) is 4.99 Å². The van der Waals surface area contributed by atoms with Crippen molar-refractivity contribution >= 4 is 5.96 Å². The Hall–Kier alpha value is -2.34. The molecule has 1 aliphatic heterocycles. The highest BCUT2D eigenvalue weighted by molar-refractivity contribution is 5.79. The monoisotopic (exact) mass is 410 g/mol. The lowest BCUT2D eigenvalue weighted by Gasteiger charge is -2.35. The van der Waals surface area contributed by atoms with Crippen LogP contribution >= 0.6 is 0 Å². The number of rotatable bonds is 10. The van der Waals surface area contributed by atoms with Gasteiger partial charge in [-0.1, -0.05) is 43.7 Å². The van der Waals surface area contributed by atoms with Gasteiger partial charge in [-0.3, -0.25) is 9.89 Å². The van der Waals surface area contributed by atoms with E-state index in [4.69, 9.17) is 0 Å². The molecule has 2 aromatic rings. The van der Waals surface area contributed by atoms with Crippen LogP contribution in [0.2, 0.25) is 0 Å². The quantitative estimate of drug-likeness (QED) is 0.465. The average molecular weight is 411 g/mol. The Bertz CT molecular complexity index is 754. The summed E-state index contributed by atoms with van der Waals surface area (Å²) < 4.78 is 2.24. The molecule has 1 fully saturated rings. The summed E-state index contributed by atoms with van der Waals surface area (Å²) in [5, 5.41) is 6.89. The number of aromatic nitrogens is 2. The number of aliphatic imine (C=N–C) groups is 1. The maximum atomic E-state index is 4.53. The van der Waals surface area contributed by atoms with Gasteiger partial charge in [-0.25, -0.2) is 4.98 Å². The molecule has 0 aliphatic carbocycles. The fraction of sp³-hybridized carbons (Fsp3) is 0.583. The number of guanidine groups is 1. The third-order valence-electron chi connectivity index (χ3n) is 6.06. The van der Waals surface area contributed by atoms with E-state index >= 15 is 0 Å². The third kappa shape index (κ3) is 6.87. The van der Waals surface area contributed by atoms with Crippen LogP contribution in [0.1, 0.15) is 50.4 Å². The maximum absolute atomic E-state index is 4.53. The van der Waals surface area contributed by atoms with Crippen molar-refractivity contribution in [3.05, 3.63) is 54.1 Å². The number of nitrogens with zero attached hydrogens (tertiary/aromatic N) is 4. The van der Waals surface area contributed by atoms with Crippen LogP contribution in [0, 0.1) is 0 Å². The van der Waals surface area contributed by atoms with Gasteiger partial charge in [0.05, 0.1) is 6.54 Å². The Morgan fingerprint density at radius 1 is 1.17 bits per heavy atom. The number of piperidine rings is 1. The molecule has 2 N–H and O–H groups in total. The third-order valence-corrected chi connectivity index (χ3v) is 6.06. The molecule has 164 valence electrons. The molecule has 30 heavy (non-hydrogen) atoms. The zero-order valence-corrected chi connectivity index (χ0v) is 18.7. The number of hydrogen-bond donors (Lipinski definition) is 2. The molecule has 1 aliphatic rings. The zero-order chi connectivity index (χ0) is 21.0. The van der Waals surface area contributed by atoms with Gasteiger partial charge in [0.2, 0.25) is 0 Å². The summed E-state index contributed by atoms with van der Waals surface area (Å²) in [5.74, 6) is 1.90. The highest BCUT2D eigenvalue weighted by Gasteiger charge is 2.19. The smallest absolute Gasteiger partial charge is 0.191 e. The van der Waals surface area contributed by atoms with E-state index in [1.165, 1.54) is 37.8 Å². The molecule has 0 radical (unpaired) electrons. The van der Waals surface area contributed by atoms with Crippen LogP contribution in [0.15, 0.2) is 47.7 Å². The van der Waals surface area contributed by atoms with Gasteiger partial charge in [0.15, 0.2) is 5.96 Å². The highest BCUT2D eigenvalue weighted by Crippen LogP contribution is 2.18. The molecule has 0 saturated carbocycles. The summed E-state index contributed by atoms with van der Waals surface area (Å²) in [5.41, 5.74) is 1.39. The van der Waals surface area contributed by atoms with E-state index in [0.717, 1.165) is 50.3 Å². The fourth-order valence-electron chi connectivity index (χ4n) is 4.33. The van der Waals surface area contributed by atoms with Crippen LogP contribution in [0.25, 0.3) is 0 Å². The van der Waals surface area contributed by atoms with Gasteiger partial charge >= 0.3 is 0 Å². The van der Waals surface area contributed by atoms with E-state index in [1.54, 1.807) is 0 Å². The number of benzene rings is 1. The van der Waals surface area contributed by atoms with Gasteiger partial charge in [0, 0.05) is 45.1 Å². The summed E-state index contributed by atoms with van der Waals surface area (Å²) >= 11 is 0. The molecule has 2 heterocycles. The van der Waals surface area contributed by atoms with Gasteiger partial charge < -0.3 is 15.2 Å². The normalized spacial score (nSPS) is 17.8. The van der Waals surface area contributed by atoms with Gasteiger partial charge in [-0.2, -0.15) is 0 Å². The maximum Gasteiger partial charge on any atom is 0.191 e. The minimum atomic E-state index is 0.680. The molecule has 6 nitrogen and oxygen atoms in total. The first-order valence-electron chi connectivity index (χ1n) is 11.5. The van der Waals surface area contributed by atoms with Gasteiger partial charge in [0.25, 0.3) is 0 Å². The van der Waals surface area contributed by atoms with E-state index in [-0.39, 0.29) is 0 Å². The van der Waals surface area contributed by atoms with Crippen LogP contribution in [-0.4, -0.2) is 53.1 Å². The largest absolute Gasteiger partial charge is 0.355 e. The van der Waals surface area contributed by atoms with Crippen LogP contribution < -0.4 is 10.6 Å². The van der Waals surface area contributed by atoms with Crippen LogP contribution in [0.3, 0.4) is 0 Å². The molecular formula is C24H38N6. The van der Waals surface area contributed by atoms with Crippen molar-refractivity contribution in [3.8, 4) is 0 Å². The highest BCUT2D eigenvalue weighted by atomic mass is 15.2. The molecule has 1 saturated heterocycles. The molecule has 0 spiro atoms. The Kier molecular flexibility index (Phi) is 9.22. The summed E-state index contributed by atoms with van der Waals surface area (Å²) in [6, 6.07) is 11.4. The number of aryl methyl sites for hydroxylation is 2. The first kappa shape index (κ1) is 22.3. The zero-order valence-electron chi connectivity index (χ0n) is 18.7. The Morgan fingerprint density at radius 2 is 2.03 bits per heavy atom. The van der Waals surface area contributed by atoms with Gasteiger partial charge in [-0.15, -0.1) is 0 Å². The summed E-state index contributed by atoms with van der Waals surface area (Å²) in [7, 11) is 1.83. The summed E-state index contributed by atoms with van der Waals surface area (Å²) in [4.78, 5) is 11.5. The SMILES string of the molecule is CCC1CCCCN1CCNC(=NC)NCc1nccn1CCCc1ccccc1. The molecule has 3 rings (SSSR count). The molecule has 1 aromatic carbocycles. The van der Waals surface area contributed by atoms with E-state index in [1.807, 2.05) is 13.2 Å². The minimum absolute atomic E-state index is 0.680. The second kappa shape index (κ2) is 12.4. The topological polar surface area (TPSA) is 57.5 Å². The molecule has 6 heteroatoms. The Morgan fingerprint density at radius 3 is 2.83 bits per heavy atom. The van der Waals surface area contributed by atoms with Crippen LogP contribution in [0.4, 0.5) is 0 Å². The van der Waals surface area contributed by atoms with Crippen LogP contribution in [0.5, 0.6) is 0 Å². The van der Waals surface area contributed by atoms with Crippen molar-refractivity contribution in [3.63, 3.8) is 0 Å². The number of nitrogens with one attached hydrogen (secondary N) is 2. The number of hydrogen-bond acceptors (Lipinski definition) is 3. The van der Waals surface area contributed by atoms with Crippen LogP contribution in [-0.2, 0) is 19.5 Å². The van der Waals surface area contributed by atoms with Crippen molar-refractivity contribution < 1.29 is 0 Å². The van der Waals surface area contributed by atoms with Crippen molar-refractivity contribution in [2.75, 3.05) is 26.7 Å². The lowest BCUT2D eigenvalue weighted by Crippen LogP contribution is -2.45. The summed E-state index contributed by atoms with van der Waals surface area (Å²) in [6.07, 6.45) is 11.5.